The first kappa shape index (κ1) is 12.0. The highest BCUT2D eigenvalue weighted by molar-refractivity contribution is 6.31. The maximum atomic E-state index is 6.04. The zero-order chi connectivity index (χ0) is 13.2. The minimum atomic E-state index is 0.481. The molecule has 1 N–H and O–H groups in total. The van der Waals surface area contributed by atoms with Crippen LogP contribution >= 0.6 is 11.6 Å². The Morgan fingerprint density at radius 3 is 3.11 bits per heavy atom. The molecule has 0 unspecified atom stereocenters. The number of nitrogens with one attached hydrogen (secondary N) is 1. The molecule has 5 heteroatoms. The Bertz CT molecular complexity index is 687. The van der Waals surface area contributed by atoms with Crippen molar-refractivity contribution in [1.82, 2.24) is 14.4 Å². The molecule has 0 saturated heterocycles. The molecule has 0 aliphatic rings. The lowest BCUT2D eigenvalue weighted by Gasteiger charge is -2.06. The summed E-state index contributed by atoms with van der Waals surface area (Å²) in [6.45, 7) is 2.60. The van der Waals surface area contributed by atoms with Gasteiger partial charge >= 0.3 is 0 Å². The summed E-state index contributed by atoms with van der Waals surface area (Å²) in [4.78, 5) is 8.63. The molecule has 96 valence electrons. The second-order valence-electron chi connectivity index (χ2n) is 4.40. The van der Waals surface area contributed by atoms with Gasteiger partial charge in [0.1, 0.15) is 5.65 Å². The fourth-order valence-electron chi connectivity index (χ4n) is 1.93. The lowest BCUT2D eigenvalue weighted by Crippen LogP contribution is -2.01. The predicted octanol–water partition coefficient (Wildman–Crippen LogP) is 3.30. The van der Waals surface area contributed by atoms with Gasteiger partial charge in [-0.25, -0.2) is 9.97 Å². The van der Waals surface area contributed by atoms with Crippen molar-refractivity contribution >= 4 is 22.9 Å². The van der Waals surface area contributed by atoms with Gasteiger partial charge in [0.15, 0.2) is 5.15 Å². The van der Waals surface area contributed by atoms with Crippen molar-refractivity contribution in [1.29, 1.82) is 0 Å². The Morgan fingerprint density at radius 1 is 1.37 bits per heavy atom. The van der Waals surface area contributed by atoms with E-state index in [2.05, 4.69) is 15.3 Å². The first-order valence-corrected chi connectivity index (χ1v) is 6.39. The lowest BCUT2D eigenvalue weighted by atomic mass is 10.3. The van der Waals surface area contributed by atoms with Crippen molar-refractivity contribution in [3.63, 3.8) is 0 Å². The number of aryl methyl sites for hydroxylation is 1. The van der Waals surface area contributed by atoms with E-state index in [-0.39, 0.29) is 0 Å². The minimum absolute atomic E-state index is 0.481. The monoisotopic (exact) mass is 272 g/mol. The summed E-state index contributed by atoms with van der Waals surface area (Å²) in [5.74, 6) is 0. The van der Waals surface area contributed by atoms with Gasteiger partial charge in [0.2, 0.25) is 0 Å². The number of hydrogen-bond acceptors (Lipinski definition) is 3. The normalized spacial score (nSPS) is 10.8. The van der Waals surface area contributed by atoms with E-state index in [0.717, 1.165) is 22.6 Å². The Hall–Kier alpha value is -2.07. The van der Waals surface area contributed by atoms with Crippen molar-refractivity contribution in [2.24, 2.45) is 0 Å². The summed E-state index contributed by atoms with van der Waals surface area (Å²) >= 11 is 6.04. The standard InChI is InChI=1S/C14H13ClN4/c1-10-6-12(14(15)17-7-10)16-8-11-9-19-5-3-2-4-13(19)18-11/h2-7,9,16H,8H2,1H3. The number of halogens is 1. The third-order valence-corrected chi connectivity index (χ3v) is 3.15. The molecular formula is C14H13ClN4. The van der Waals surface area contributed by atoms with Gasteiger partial charge in [0, 0.05) is 18.6 Å². The van der Waals surface area contributed by atoms with Crippen LogP contribution in [0, 0.1) is 6.92 Å². The van der Waals surface area contributed by atoms with E-state index in [1.807, 2.05) is 48.0 Å². The third-order valence-electron chi connectivity index (χ3n) is 2.85. The van der Waals surface area contributed by atoms with Gasteiger partial charge in [-0.3, -0.25) is 0 Å². The van der Waals surface area contributed by atoms with Gasteiger partial charge in [0.05, 0.1) is 17.9 Å². The first-order chi connectivity index (χ1) is 9.22. The zero-order valence-electron chi connectivity index (χ0n) is 10.5. The van der Waals surface area contributed by atoms with Crippen LogP contribution in [0.3, 0.4) is 0 Å². The van der Waals surface area contributed by atoms with E-state index in [4.69, 9.17) is 11.6 Å². The number of anilines is 1. The Labute approximate surface area is 116 Å². The lowest BCUT2D eigenvalue weighted by molar-refractivity contribution is 1.07. The Balaban J connectivity index is 1.80. The SMILES string of the molecule is Cc1cnc(Cl)c(NCc2cn3ccccc3n2)c1. The van der Waals surface area contributed by atoms with Crippen LogP contribution in [-0.4, -0.2) is 14.4 Å². The summed E-state index contributed by atoms with van der Waals surface area (Å²) < 4.78 is 1.99. The molecule has 0 aliphatic heterocycles. The number of nitrogens with zero attached hydrogens (tertiary/aromatic N) is 3. The van der Waals surface area contributed by atoms with Gasteiger partial charge in [0.25, 0.3) is 0 Å². The number of hydrogen-bond donors (Lipinski definition) is 1. The molecule has 19 heavy (non-hydrogen) atoms. The molecule has 0 spiro atoms. The highest BCUT2D eigenvalue weighted by Crippen LogP contribution is 2.20. The minimum Gasteiger partial charge on any atom is -0.377 e. The van der Waals surface area contributed by atoms with Crippen LogP contribution in [0.25, 0.3) is 5.65 Å². The highest BCUT2D eigenvalue weighted by atomic mass is 35.5. The third kappa shape index (κ3) is 2.53. The second-order valence-corrected chi connectivity index (χ2v) is 4.76. The van der Waals surface area contributed by atoms with E-state index in [0.29, 0.717) is 11.7 Å². The molecule has 0 saturated carbocycles. The van der Waals surface area contributed by atoms with E-state index >= 15 is 0 Å². The van der Waals surface area contributed by atoms with Crippen molar-refractivity contribution in [3.8, 4) is 0 Å². The maximum Gasteiger partial charge on any atom is 0.152 e. The smallest absolute Gasteiger partial charge is 0.152 e. The average molecular weight is 273 g/mol. The molecule has 3 aromatic rings. The molecule has 0 aliphatic carbocycles. The van der Waals surface area contributed by atoms with Gasteiger partial charge in [-0.2, -0.15) is 0 Å². The van der Waals surface area contributed by atoms with E-state index < -0.39 is 0 Å². The molecule has 3 rings (SSSR count). The largest absolute Gasteiger partial charge is 0.377 e. The van der Waals surface area contributed by atoms with Crippen LogP contribution in [0.5, 0.6) is 0 Å². The Kier molecular flexibility index (Phi) is 3.09. The van der Waals surface area contributed by atoms with Crippen LogP contribution in [0.1, 0.15) is 11.3 Å². The van der Waals surface area contributed by atoms with Gasteiger partial charge in [-0.15, -0.1) is 0 Å². The fourth-order valence-corrected chi connectivity index (χ4v) is 2.10. The number of imidazole rings is 1. The summed E-state index contributed by atoms with van der Waals surface area (Å²) in [5.41, 5.74) is 3.80. The number of pyridine rings is 2. The quantitative estimate of drug-likeness (QED) is 0.744. The molecule has 3 aromatic heterocycles. The van der Waals surface area contributed by atoms with Gasteiger partial charge < -0.3 is 9.72 Å². The summed E-state index contributed by atoms with van der Waals surface area (Å²) in [7, 11) is 0. The fraction of sp³-hybridized carbons (Fsp3) is 0.143. The molecule has 0 aromatic carbocycles. The van der Waals surface area contributed by atoms with E-state index in [9.17, 15) is 0 Å². The van der Waals surface area contributed by atoms with Crippen molar-refractivity contribution in [2.75, 3.05) is 5.32 Å². The van der Waals surface area contributed by atoms with Crippen LogP contribution < -0.4 is 5.32 Å². The van der Waals surface area contributed by atoms with Crippen molar-refractivity contribution < 1.29 is 0 Å². The molecule has 0 radical (unpaired) electrons. The predicted molar refractivity (Wildman–Crippen MR) is 76.5 cm³/mol. The molecule has 4 nitrogen and oxygen atoms in total. The van der Waals surface area contributed by atoms with Crippen LogP contribution in [0.4, 0.5) is 5.69 Å². The van der Waals surface area contributed by atoms with Crippen LogP contribution in [-0.2, 0) is 6.54 Å². The summed E-state index contributed by atoms with van der Waals surface area (Å²) in [6, 6.07) is 7.91. The zero-order valence-corrected chi connectivity index (χ0v) is 11.2. The van der Waals surface area contributed by atoms with E-state index in [1.54, 1.807) is 6.20 Å². The van der Waals surface area contributed by atoms with Gasteiger partial charge in [-0.05, 0) is 30.7 Å². The number of rotatable bonds is 3. The molecular weight excluding hydrogens is 260 g/mol. The molecule has 0 fully saturated rings. The molecule has 0 atom stereocenters. The van der Waals surface area contributed by atoms with Crippen LogP contribution in [0.15, 0.2) is 42.9 Å². The van der Waals surface area contributed by atoms with Crippen molar-refractivity contribution in [3.05, 3.63) is 59.3 Å². The van der Waals surface area contributed by atoms with Gasteiger partial charge in [-0.1, -0.05) is 17.7 Å². The highest BCUT2D eigenvalue weighted by Gasteiger charge is 2.04. The first-order valence-electron chi connectivity index (χ1n) is 6.01. The molecule has 0 bridgehead atoms. The number of fused-ring (bicyclic) bond motifs is 1. The average Bonchev–Trinajstić information content (AvgIpc) is 2.82. The second kappa shape index (κ2) is 4.90. The topological polar surface area (TPSA) is 42.2 Å². The van der Waals surface area contributed by atoms with Crippen molar-refractivity contribution in [2.45, 2.75) is 13.5 Å². The molecule has 3 heterocycles. The Morgan fingerprint density at radius 2 is 2.26 bits per heavy atom. The molecule has 0 amide bonds. The number of aromatic nitrogens is 3. The summed E-state index contributed by atoms with van der Waals surface area (Å²) in [6.07, 6.45) is 5.73. The summed E-state index contributed by atoms with van der Waals surface area (Å²) in [5, 5.41) is 3.74. The van der Waals surface area contributed by atoms with Crippen LogP contribution in [0.2, 0.25) is 5.15 Å². The van der Waals surface area contributed by atoms with E-state index in [1.165, 1.54) is 0 Å². The maximum absolute atomic E-state index is 6.04.